The molecule has 168 valence electrons. The lowest BCUT2D eigenvalue weighted by Crippen LogP contribution is -2.49. The van der Waals surface area contributed by atoms with E-state index in [0.29, 0.717) is 17.1 Å². The predicted molar refractivity (Wildman–Crippen MR) is 119 cm³/mol. The Morgan fingerprint density at radius 1 is 1.15 bits per heavy atom. The molecule has 1 fully saturated rings. The standard InChI is InChI=1S/C24H20N2O6S/c1-14-20(11-19-7-8-22(32-19)17-5-3-16(4-6-17)15(2)27)23(28)26(24(29)21(14)12-25)18-9-10-33(30,31)13-18/h3-8,11,18H,9-10,13H2,1-2H3/b20-11+/t18-/m1/s1. The molecule has 2 aliphatic heterocycles. The van der Waals surface area contributed by atoms with Crippen molar-refractivity contribution >= 4 is 33.5 Å². The van der Waals surface area contributed by atoms with Gasteiger partial charge in [0.2, 0.25) is 0 Å². The first-order valence-electron chi connectivity index (χ1n) is 10.2. The van der Waals surface area contributed by atoms with Crippen molar-refractivity contribution in [2.45, 2.75) is 26.3 Å². The topological polar surface area (TPSA) is 126 Å². The maximum Gasteiger partial charge on any atom is 0.271 e. The molecule has 3 heterocycles. The average Bonchev–Trinajstić information content (AvgIpc) is 3.38. The molecule has 0 unspecified atom stereocenters. The van der Waals surface area contributed by atoms with Crippen molar-refractivity contribution in [3.63, 3.8) is 0 Å². The van der Waals surface area contributed by atoms with Gasteiger partial charge in [0.15, 0.2) is 15.6 Å². The van der Waals surface area contributed by atoms with Crippen LogP contribution in [0.5, 0.6) is 0 Å². The van der Waals surface area contributed by atoms with Gasteiger partial charge in [-0.15, -0.1) is 0 Å². The molecule has 4 rings (SSSR count). The number of sulfone groups is 1. The maximum absolute atomic E-state index is 13.2. The van der Waals surface area contributed by atoms with E-state index in [9.17, 15) is 28.1 Å². The van der Waals surface area contributed by atoms with Gasteiger partial charge in [0.1, 0.15) is 23.2 Å². The Hall–Kier alpha value is -3.77. The highest BCUT2D eigenvalue weighted by atomic mass is 32.2. The van der Waals surface area contributed by atoms with Crippen LogP contribution in [-0.2, 0) is 19.4 Å². The molecule has 0 radical (unpaired) electrons. The molecule has 9 heteroatoms. The van der Waals surface area contributed by atoms with E-state index in [-0.39, 0.29) is 40.4 Å². The quantitative estimate of drug-likeness (QED) is 0.387. The summed E-state index contributed by atoms with van der Waals surface area (Å²) in [6, 6.07) is 11.3. The first-order chi connectivity index (χ1) is 15.6. The molecule has 0 spiro atoms. The van der Waals surface area contributed by atoms with Gasteiger partial charge < -0.3 is 4.42 Å². The number of carbonyl (C=O) groups is 3. The van der Waals surface area contributed by atoms with E-state index in [4.69, 9.17) is 4.42 Å². The molecule has 0 bridgehead atoms. The summed E-state index contributed by atoms with van der Waals surface area (Å²) in [6.45, 7) is 2.99. The van der Waals surface area contributed by atoms with Gasteiger partial charge in [0.05, 0.1) is 17.5 Å². The van der Waals surface area contributed by atoms with E-state index in [1.807, 2.05) is 6.07 Å². The number of nitrogens with zero attached hydrogens (tertiary/aromatic N) is 2. The lowest BCUT2D eigenvalue weighted by atomic mass is 9.93. The van der Waals surface area contributed by atoms with Crippen LogP contribution < -0.4 is 0 Å². The zero-order chi connectivity index (χ0) is 23.9. The fourth-order valence-corrected chi connectivity index (χ4v) is 5.71. The molecule has 1 saturated heterocycles. The van der Waals surface area contributed by atoms with Crippen LogP contribution in [0.1, 0.15) is 36.4 Å². The van der Waals surface area contributed by atoms with E-state index >= 15 is 0 Å². The number of Topliss-reactive ketones (excluding diaryl/α,β-unsaturated/α-hetero) is 1. The van der Waals surface area contributed by atoms with Crippen LogP contribution in [0.2, 0.25) is 0 Å². The van der Waals surface area contributed by atoms with E-state index < -0.39 is 27.7 Å². The number of carbonyl (C=O) groups excluding carboxylic acids is 3. The molecule has 33 heavy (non-hydrogen) atoms. The lowest BCUT2D eigenvalue weighted by Gasteiger charge is -2.31. The van der Waals surface area contributed by atoms with Gasteiger partial charge in [-0.3, -0.25) is 19.3 Å². The summed E-state index contributed by atoms with van der Waals surface area (Å²) < 4.78 is 29.7. The predicted octanol–water partition coefficient (Wildman–Crippen LogP) is 2.93. The van der Waals surface area contributed by atoms with E-state index in [2.05, 4.69) is 0 Å². The minimum atomic E-state index is -3.35. The molecule has 2 amide bonds. The summed E-state index contributed by atoms with van der Waals surface area (Å²) in [4.78, 5) is 38.4. The van der Waals surface area contributed by atoms with Gasteiger partial charge in [0, 0.05) is 16.7 Å². The smallest absolute Gasteiger partial charge is 0.271 e. The fourth-order valence-electron chi connectivity index (χ4n) is 4.01. The van der Waals surface area contributed by atoms with Crippen LogP contribution in [0.25, 0.3) is 17.4 Å². The third-order valence-corrected chi connectivity index (χ3v) is 7.59. The van der Waals surface area contributed by atoms with Gasteiger partial charge in [-0.05, 0) is 44.1 Å². The average molecular weight is 464 g/mol. The van der Waals surface area contributed by atoms with E-state index in [0.717, 1.165) is 10.5 Å². The molecule has 1 aromatic carbocycles. The second kappa shape index (κ2) is 8.30. The summed E-state index contributed by atoms with van der Waals surface area (Å²) in [5.41, 5.74) is 1.43. The third kappa shape index (κ3) is 4.17. The van der Waals surface area contributed by atoms with Crippen LogP contribution in [0.15, 0.2) is 57.5 Å². The molecule has 1 aromatic heterocycles. The molecule has 2 aliphatic rings. The van der Waals surface area contributed by atoms with Crippen molar-refractivity contribution in [1.82, 2.24) is 4.90 Å². The van der Waals surface area contributed by atoms with Crippen molar-refractivity contribution in [2.75, 3.05) is 11.5 Å². The molecule has 0 N–H and O–H groups in total. The first kappa shape index (κ1) is 22.4. The molecule has 8 nitrogen and oxygen atoms in total. The highest BCUT2D eigenvalue weighted by molar-refractivity contribution is 7.91. The van der Waals surface area contributed by atoms with Gasteiger partial charge in [0.25, 0.3) is 11.8 Å². The van der Waals surface area contributed by atoms with Crippen molar-refractivity contribution in [3.05, 3.63) is 64.4 Å². The lowest BCUT2D eigenvalue weighted by molar-refractivity contribution is -0.142. The minimum Gasteiger partial charge on any atom is -0.457 e. The van der Waals surface area contributed by atoms with Crippen LogP contribution in [0.3, 0.4) is 0 Å². The molecule has 0 saturated carbocycles. The number of amides is 2. The Morgan fingerprint density at radius 2 is 1.85 bits per heavy atom. The molecular formula is C24H20N2O6S. The number of nitriles is 1. The Kier molecular flexibility index (Phi) is 5.64. The summed E-state index contributed by atoms with van der Waals surface area (Å²) >= 11 is 0. The second-order valence-corrected chi connectivity index (χ2v) is 10.3. The molecule has 1 atom stereocenters. The Bertz CT molecular complexity index is 1390. The highest BCUT2D eigenvalue weighted by Gasteiger charge is 2.43. The fraction of sp³-hybridized carbons (Fsp3) is 0.250. The number of hydrogen-bond donors (Lipinski definition) is 0. The summed E-state index contributed by atoms with van der Waals surface area (Å²) in [7, 11) is -3.35. The first-order valence-corrected chi connectivity index (χ1v) is 12.1. The molecular weight excluding hydrogens is 444 g/mol. The second-order valence-electron chi connectivity index (χ2n) is 8.04. The molecule has 2 aromatic rings. The van der Waals surface area contributed by atoms with Crippen LogP contribution in [0.4, 0.5) is 0 Å². The number of ketones is 1. The number of imide groups is 1. The Labute approximate surface area is 190 Å². The largest absolute Gasteiger partial charge is 0.457 e. The minimum absolute atomic E-state index is 0.0491. The van der Waals surface area contributed by atoms with Crippen LogP contribution in [0, 0.1) is 11.3 Å². The monoisotopic (exact) mass is 464 g/mol. The number of furan rings is 1. The zero-order valence-corrected chi connectivity index (χ0v) is 18.8. The van der Waals surface area contributed by atoms with Crippen molar-refractivity contribution < 1.29 is 27.2 Å². The Balaban J connectivity index is 1.70. The maximum atomic E-state index is 13.2. The highest BCUT2D eigenvalue weighted by Crippen LogP contribution is 2.32. The third-order valence-electron chi connectivity index (χ3n) is 5.84. The van der Waals surface area contributed by atoms with E-state index in [1.54, 1.807) is 36.4 Å². The van der Waals surface area contributed by atoms with Crippen LogP contribution >= 0.6 is 0 Å². The summed E-state index contributed by atoms with van der Waals surface area (Å²) in [5, 5.41) is 9.52. The van der Waals surface area contributed by atoms with Gasteiger partial charge in [-0.25, -0.2) is 8.42 Å². The number of hydrogen-bond acceptors (Lipinski definition) is 7. The van der Waals surface area contributed by atoms with Gasteiger partial charge >= 0.3 is 0 Å². The van der Waals surface area contributed by atoms with Crippen molar-refractivity contribution in [2.24, 2.45) is 0 Å². The SMILES string of the molecule is CC(=O)c1ccc(-c2ccc(/C=C3/C(=O)N([C@@H]4CCS(=O)(=O)C4)C(=O)C(C#N)=C3C)o2)cc1. The van der Waals surface area contributed by atoms with E-state index in [1.165, 1.54) is 19.9 Å². The Morgan fingerprint density at radius 3 is 2.42 bits per heavy atom. The summed E-state index contributed by atoms with van der Waals surface area (Å²) in [6.07, 6.45) is 1.59. The number of rotatable bonds is 4. The normalized spacial score (nSPS) is 21.5. The number of benzene rings is 1. The molecule has 0 aliphatic carbocycles. The van der Waals surface area contributed by atoms with Gasteiger partial charge in [-0.1, -0.05) is 24.3 Å². The summed E-state index contributed by atoms with van der Waals surface area (Å²) in [5.74, 6) is -1.05. The van der Waals surface area contributed by atoms with Gasteiger partial charge in [-0.2, -0.15) is 5.26 Å². The van der Waals surface area contributed by atoms with Crippen LogP contribution in [-0.4, -0.2) is 48.5 Å². The zero-order valence-electron chi connectivity index (χ0n) is 18.0. The van der Waals surface area contributed by atoms with Crippen molar-refractivity contribution in [1.29, 1.82) is 5.26 Å². The van der Waals surface area contributed by atoms with Crippen molar-refractivity contribution in [3.8, 4) is 17.4 Å².